The summed E-state index contributed by atoms with van der Waals surface area (Å²) in [4.78, 5) is 12.2. The zero-order chi connectivity index (χ0) is 15.9. The van der Waals surface area contributed by atoms with Gasteiger partial charge in [0, 0.05) is 18.0 Å². The summed E-state index contributed by atoms with van der Waals surface area (Å²) in [6.07, 6.45) is -2.92. The number of pyridine rings is 1. The fourth-order valence-electron chi connectivity index (χ4n) is 2.44. The van der Waals surface area contributed by atoms with E-state index in [1.165, 1.54) is 6.20 Å². The molecule has 0 aliphatic heterocycles. The Morgan fingerprint density at radius 1 is 1.05 bits per heavy atom. The molecule has 0 unspecified atom stereocenters. The Morgan fingerprint density at radius 3 is 2.45 bits per heavy atom. The first-order valence-electron chi connectivity index (χ1n) is 6.98. The fraction of sp³-hybridized carbons (Fsp3) is 0.312. The van der Waals surface area contributed by atoms with Crippen LogP contribution in [0.4, 0.5) is 13.2 Å². The van der Waals surface area contributed by atoms with Crippen LogP contribution in [0.25, 0.3) is 21.8 Å². The number of halogens is 3. The molecule has 2 heterocycles. The van der Waals surface area contributed by atoms with Crippen molar-refractivity contribution in [3.05, 3.63) is 42.0 Å². The normalized spacial score (nSPS) is 12.5. The molecule has 0 fully saturated rings. The van der Waals surface area contributed by atoms with Gasteiger partial charge in [-0.05, 0) is 12.0 Å². The van der Waals surface area contributed by atoms with Crippen molar-refractivity contribution in [1.29, 1.82) is 0 Å². The quantitative estimate of drug-likeness (QED) is 0.659. The number of hydrogen-bond acceptors (Lipinski definition) is 3. The van der Waals surface area contributed by atoms with Crippen LogP contribution in [0, 0.1) is 5.92 Å². The Balaban J connectivity index is 2.39. The summed E-state index contributed by atoms with van der Waals surface area (Å²) >= 11 is 0. The summed E-state index contributed by atoms with van der Waals surface area (Å²) in [5.74, 6) is 0.387. The van der Waals surface area contributed by atoms with Gasteiger partial charge in [0.25, 0.3) is 0 Å². The van der Waals surface area contributed by atoms with Crippen LogP contribution < -0.4 is 0 Å². The molecule has 0 atom stereocenters. The summed E-state index contributed by atoms with van der Waals surface area (Å²) in [7, 11) is 0. The first-order valence-corrected chi connectivity index (χ1v) is 6.98. The second-order valence-corrected chi connectivity index (χ2v) is 5.62. The lowest BCUT2D eigenvalue weighted by atomic mass is 10.1. The molecule has 2 aromatic heterocycles. The number of para-hydroxylation sites is 1. The van der Waals surface area contributed by atoms with Crippen molar-refractivity contribution < 1.29 is 13.2 Å². The lowest BCUT2D eigenvalue weighted by Gasteiger charge is -2.13. The van der Waals surface area contributed by atoms with Gasteiger partial charge in [0.2, 0.25) is 0 Å². The Hall–Kier alpha value is -2.24. The first kappa shape index (κ1) is 14.7. The highest BCUT2D eigenvalue weighted by atomic mass is 19.4. The molecule has 0 spiro atoms. The number of nitrogens with zero attached hydrogens (tertiary/aromatic N) is 3. The number of fused-ring (bicyclic) bond motifs is 3. The minimum atomic E-state index is -4.53. The molecule has 3 rings (SSSR count). The van der Waals surface area contributed by atoms with Crippen LogP contribution in [0.1, 0.15) is 25.4 Å². The van der Waals surface area contributed by atoms with Gasteiger partial charge in [-0.15, -0.1) is 0 Å². The number of benzene rings is 1. The van der Waals surface area contributed by atoms with E-state index in [1.807, 2.05) is 13.8 Å². The van der Waals surface area contributed by atoms with Gasteiger partial charge >= 0.3 is 6.18 Å². The van der Waals surface area contributed by atoms with Gasteiger partial charge < -0.3 is 0 Å². The second kappa shape index (κ2) is 5.19. The topological polar surface area (TPSA) is 38.7 Å². The van der Waals surface area contributed by atoms with Gasteiger partial charge in [-0.2, -0.15) is 13.2 Å². The van der Waals surface area contributed by atoms with Gasteiger partial charge in [0.1, 0.15) is 5.82 Å². The predicted molar refractivity (Wildman–Crippen MR) is 78.4 cm³/mol. The zero-order valence-corrected chi connectivity index (χ0v) is 12.1. The third-order valence-corrected chi connectivity index (χ3v) is 3.34. The molecule has 0 aliphatic rings. The van der Waals surface area contributed by atoms with Gasteiger partial charge in [-0.3, -0.25) is 4.98 Å². The number of alkyl halides is 3. The second-order valence-electron chi connectivity index (χ2n) is 5.62. The van der Waals surface area contributed by atoms with Crippen LogP contribution in [0.3, 0.4) is 0 Å². The van der Waals surface area contributed by atoms with E-state index in [0.29, 0.717) is 22.8 Å². The van der Waals surface area contributed by atoms with Crippen molar-refractivity contribution in [1.82, 2.24) is 15.0 Å². The van der Waals surface area contributed by atoms with Crippen molar-refractivity contribution in [3.63, 3.8) is 0 Å². The number of hydrogen-bond donors (Lipinski definition) is 0. The Morgan fingerprint density at radius 2 is 1.77 bits per heavy atom. The third-order valence-electron chi connectivity index (χ3n) is 3.34. The SMILES string of the molecule is CC(C)Cc1nc(C(F)(F)F)c2cnc3ccccc3c2n1. The van der Waals surface area contributed by atoms with E-state index in [0.717, 1.165) is 0 Å². The lowest BCUT2D eigenvalue weighted by molar-refractivity contribution is -0.140. The van der Waals surface area contributed by atoms with Crippen molar-refractivity contribution in [2.75, 3.05) is 0 Å². The lowest BCUT2D eigenvalue weighted by Crippen LogP contribution is -2.13. The maximum Gasteiger partial charge on any atom is 0.434 e. The smallest absolute Gasteiger partial charge is 0.255 e. The van der Waals surface area contributed by atoms with E-state index in [-0.39, 0.29) is 17.1 Å². The Bertz CT molecular complexity index is 841. The summed E-state index contributed by atoms with van der Waals surface area (Å²) in [6, 6.07) is 7.05. The average Bonchev–Trinajstić information content (AvgIpc) is 2.44. The van der Waals surface area contributed by atoms with Gasteiger partial charge in [0.15, 0.2) is 5.69 Å². The molecule has 1 aromatic carbocycles. The van der Waals surface area contributed by atoms with E-state index in [1.54, 1.807) is 24.3 Å². The van der Waals surface area contributed by atoms with E-state index >= 15 is 0 Å². The molecular weight excluding hydrogens is 291 g/mol. The van der Waals surface area contributed by atoms with Crippen LogP contribution in [0.2, 0.25) is 0 Å². The zero-order valence-electron chi connectivity index (χ0n) is 12.1. The van der Waals surface area contributed by atoms with Gasteiger partial charge in [-0.1, -0.05) is 32.0 Å². The maximum atomic E-state index is 13.3. The molecule has 22 heavy (non-hydrogen) atoms. The predicted octanol–water partition coefficient (Wildman–Crippen LogP) is 4.40. The van der Waals surface area contributed by atoms with Crippen LogP contribution in [0.15, 0.2) is 30.5 Å². The molecular formula is C16H14F3N3. The van der Waals surface area contributed by atoms with E-state index in [2.05, 4.69) is 15.0 Å². The van der Waals surface area contributed by atoms with Crippen molar-refractivity contribution in [2.24, 2.45) is 5.92 Å². The third kappa shape index (κ3) is 2.61. The monoisotopic (exact) mass is 305 g/mol. The molecule has 0 radical (unpaired) electrons. The molecule has 114 valence electrons. The van der Waals surface area contributed by atoms with Crippen LogP contribution in [-0.4, -0.2) is 15.0 Å². The molecule has 0 N–H and O–H groups in total. The molecule has 0 saturated heterocycles. The minimum absolute atomic E-state index is 0.0568. The molecule has 0 bridgehead atoms. The van der Waals surface area contributed by atoms with Crippen LogP contribution in [-0.2, 0) is 12.6 Å². The highest BCUT2D eigenvalue weighted by Crippen LogP contribution is 2.34. The molecule has 0 aliphatic carbocycles. The molecule has 3 aromatic rings. The van der Waals surface area contributed by atoms with Crippen molar-refractivity contribution >= 4 is 21.8 Å². The van der Waals surface area contributed by atoms with Crippen LogP contribution in [0.5, 0.6) is 0 Å². The molecule has 0 saturated carbocycles. The van der Waals surface area contributed by atoms with Gasteiger partial charge in [0.05, 0.1) is 16.4 Å². The summed E-state index contributed by atoms with van der Waals surface area (Å²) in [6.45, 7) is 3.84. The maximum absolute atomic E-state index is 13.3. The standard InChI is InChI=1S/C16H14F3N3/c1-9(2)7-13-21-14-10-5-3-4-6-12(10)20-8-11(14)15(22-13)16(17,18)19/h3-6,8-9H,7H2,1-2H3. The van der Waals surface area contributed by atoms with E-state index < -0.39 is 11.9 Å². The van der Waals surface area contributed by atoms with Crippen LogP contribution >= 0.6 is 0 Å². The molecule has 0 amide bonds. The van der Waals surface area contributed by atoms with Gasteiger partial charge in [-0.25, -0.2) is 9.97 Å². The summed E-state index contributed by atoms with van der Waals surface area (Å²) < 4.78 is 40.0. The van der Waals surface area contributed by atoms with E-state index in [9.17, 15) is 13.2 Å². The minimum Gasteiger partial charge on any atom is -0.255 e. The highest BCUT2D eigenvalue weighted by molar-refractivity contribution is 6.03. The van der Waals surface area contributed by atoms with Crippen molar-refractivity contribution in [2.45, 2.75) is 26.4 Å². The summed E-state index contributed by atoms with van der Waals surface area (Å²) in [5, 5.41) is 0.552. The number of aromatic nitrogens is 3. The summed E-state index contributed by atoms with van der Waals surface area (Å²) in [5.41, 5.74) is 0.0206. The largest absolute Gasteiger partial charge is 0.434 e. The highest BCUT2D eigenvalue weighted by Gasteiger charge is 2.36. The molecule has 3 nitrogen and oxygen atoms in total. The number of rotatable bonds is 2. The fourth-order valence-corrected chi connectivity index (χ4v) is 2.44. The van der Waals surface area contributed by atoms with E-state index in [4.69, 9.17) is 0 Å². The average molecular weight is 305 g/mol. The first-order chi connectivity index (χ1) is 10.4. The van der Waals surface area contributed by atoms with Crippen molar-refractivity contribution in [3.8, 4) is 0 Å². The molecule has 6 heteroatoms. The Labute approximate surface area is 125 Å². The Kier molecular flexibility index (Phi) is 3.47.